The van der Waals surface area contributed by atoms with Crippen LogP contribution in [0.3, 0.4) is 0 Å². The Bertz CT molecular complexity index is 1260. The monoisotopic (exact) mass is 543 g/mol. The fourth-order valence-electron chi connectivity index (χ4n) is 4.34. The maximum absolute atomic E-state index is 13.5. The van der Waals surface area contributed by atoms with Crippen molar-refractivity contribution in [3.8, 4) is 11.1 Å². The van der Waals surface area contributed by atoms with E-state index in [9.17, 15) is 14.4 Å². The lowest BCUT2D eigenvalue weighted by Crippen LogP contribution is -2.47. The Morgan fingerprint density at radius 3 is 2.10 bits per heavy atom. The van der Waals surface area contributed by atoms with Gasteiger partial charge in [0.1, 0.15) is 12.6 Å². The molecular weight excluding hydrogens is 502 g/mol. The Labute approximate surface area is 237 Å². The average Bonchev–Trinajstić information content (AvgIpc) is 2.94. The summed E-state index contributed by atoms with van der Waals surface area (Å²) in [7, 11) is 0. The lowest BCUT2D eigenvalue weighted by molar-refractivity contribution is -0.123. The molecule has 0 bridgehead atoms. The number of nitrogens with one attached hydrogen (secondary N) is 3. The lowest BCUT2D eigenvalue weighted by Gasteiger charge is -2.21. The number of carbonyl (C=O) groups excluding carboxylic acids is 3. The quantitative estimate of drug-likeness (QED) is 0.243. The first-order valence-electron chi connectivity index (χ1n) is 13.9. The Kier molecular flexibility index (Phi) is 11.8. The number of rotatable bonds is 13. The van der Waals surface area contributed by atoms with Crippen molar-refractivity contribution in [1.82, 2.24) is 16.0 Å². The van der Waals surface area contributed by atoms with Crippen molar-refractivity contribution >= 4 is 17.9 Å². The van der Waals surface area contributed by atoms with Crippen molar-refractivity contribution in [3.63, 3.8) is 0 Å². The van der Waals surface area contributed by atoms with Crippen molar-refractivity contribution in [3.05, 3.63) is 95.6 Å². The maximum atomic E-state index is 13.5. The molecule has 1 atom stereocenters. The van der Waals surface area contributed by atoms with E-state index < -0.39 is 12.1 Å². The molecule has 0 heterocycles. The smallest absolute Gasteiger partial charge is 0.407 e. The summed E-state index contributed by atoms with van der Waals surface area (Å²) < 4.78 is 5.34. The highest BCUT2D eigenvalue weighted by molar-refractivity contribution is 6.03. The van der Waals surface area contributed by atoms with Gasteiger partial charge in [-0.3, -0.25) is 9.59 Å². The van der Waals surface area contributed by atoms with Crippen LogP contribution in [0.2, 0.25) is 0 Å². The first-order chi connectivity index (χ1) is 19.2. The van der Waals surface area contributed by atoms with Crippen molar-refractivity contribution in [2.45, 2.75) is 59.7 Å². The number of carbonyl (C=O) groups is 3. The number of ether oxygens (including phenoxy) is 1. The highest BCUT2D eigenvalue weighted by atomic mass is 16.5. The van der Waals surface area contributed by atoms with Gasteiger partial charge >= 0.3 is 6.09 Å². The highest BCUT2D eigenvalue weighted by Gasteiger charge is 2.24. The second-order valence-electron chi connectivity index (χ2n) is 10.7. The van der Waals surface area contributed by atoms with E-state index in [1.165, 1.54) is 0 Å². The minimum Gasteiger partial charge on any atom is -0.445 e. The van der Waals surface area contributed by atoms with Crippen LogP contribution in [-0.2, 0) is 22.7 Å². The zero-order chi connectivity index (χ0) is 28.9. The Morgan fingerprint density at radius 1 is 0.750 bits per heavy atom. The number of hydrogen-bond acceptors (Lipinski definition) is 4. The number of benzene rings is 3. The summed E-state index contributed by atoms with van der Waals surface area (Å²) in [5.74, 6) is 0.222. The van der Waals surface area contributed by atoms with E-state index >= 15 is 0 Å². The molecule has 0 aliphatic rings. The van der Waals surface area contributed by atoms with Gasteiger partial charge in [-0.2, -0.15) is 0 Å². The van der Waals surface area contributed by atoms with E-state index in [2.05, 4.69) is 29.8 Å². The standard InChI is InChI=1S/C33H41N3O4/c1-23(2)18-19-34-32(38)30(20-24(3)4)36-31(37)29-17-11-10-16-28(29)27-15-9-8-14-26(27)21-35-33(39)40-22-25-12-6-5-7-13-25/h5-17,23-24,30H,18-22H2,1-4H3,(H,34,38)(H,35,39)(H,36,37)/t30-/m0/s1. The molecule has 0 aliphatic carbocycles. The molecule has 3 aromatic carbocycles. The van der Waals surface area contributed by atoms with Crippen LogP contribution < -0.4 is 16.0 Å². The number of alkyl carbamates (subject to hydrolysis) is 1. The fourth-order valence-corrected chi connectivity index (χ4v) is 4.34. The van der Waals surface area contributed by atoms with E-state index in [1.54, 1.807) is 12.1 Å². The van der Waals surface area contributed by atoms with Crippen molar-refractivity contribution in [2.75, 3.05) is 6.54 Å². The minimum atomic E-state index is -0.635. The van der Waals surface area contributed by atoms with Crippen molar-refractivity contribution < 1.29 is 19.1 Å². The summed E-state index contributed by atoms with van der Waals surface area (Å²) in [5.41, 5.74) is 3.74. The molecule has 212 valence electrons. The molecule has 0 saturated heterocycles. The molecule has 7 heteroatoms. The molecule has 0 unspecified atom stereocenters. The third-order valence-electron chi connectivity index (χ3n) is 6.46. The van der Waals surface area contributed by atoms with Crippen LogP contribution in [0.5, 0.6) is 0 Å². The van der Waals surface area contributed by atoms with Crippen LogP contribution in [0.1, 0.15) is 62.0 Å². The maximum Gasteiger partial charge on any atom is 0.407 e. The summed E-state index contributed by atoms with van der Waals surface area (Å²) >= 11 is 0. The van der Waals surface area contributed by atoms with Gasteiger partial charge in [-0.25, -0.2) is 4.79 Å². The Morgan fingerprint density at radius 2 is 1.40 bits per heavy atom. The van der Waals surface area contributed by atoms with Gasteiger partial charge in [0.2, 0.25) is 5.91 Å². The topological polar surface area (TPSA) is 96.5 Å². The van der Waals surface area contributed by atoms with Crippen LogP contribution >= 0.6 is 0 Å². The molecule has 40 heavy (non-hydrogen) atoms. The third-order valence-corrected chi connectivity index (χ3v) is 6.46. The predicted molar refractivity (Wildman–Crippen MR) is 159 cm³/mol. The Hall–Kier alpha value is -4.13. The zero-order valence-corrected chi connectivity index (χ0v) is 23.9. The van der Waals surface area contributed by atoms with E-state index in [1.807, 2.05) is 80.6 Å². The van der Waals surface area contributed by atoms with E-state index in [4.69, 9.17) is 4.74 Å². The molecular formula is C33H41N3O4. The molecule has 3 N–H and O–H groups in total. The average molecular weight is 544 g/mol. The van der Waals surface area contributed by atoms with Crippen molar-refractivity contribution in [1.29, 1.82) is 0 Å². The minimum absolute atomic E-state index is 0.168. The van der Waals surface area contributed by atoms with Crippen LogP contribution in [-0.4, -0.2) is 30.5 Å². The SMILES string of the molecule is CC(C)CCNC(=O)[C@H](CC(C)C)NC(=O)c1ccccc1-c1ccccc1CNC(=O)OCc1ccccc1. The molecule has 7 nitrogen and oxygen atoms in total. The van der Waals surface area contributed by atoms with E-state index in [-0.39, 0.29) is 30.9 Å². The molecule has 0 aromatic heterocycles. The van der Waals surface area contributed by atoms with Gasteiger partial charge in [-0.05, 0) is 53.0 Å². The number of hydrogen-bond donors (Lipinski definition) is 3. The molecule has 3 aromatic rings. The van der Waals surface area contributed by atoms with Crippen molar-refractivity contribution in [2.24, 2.45) is 11.8 Å². The summed E-state index contributed by atoms with van der Waals surface area (Å²) in [4.78, 5) is 38.8. The summed E-state index contributed by atoms with van der Waals surface area (Å²) in [6, 6.07) is 23.8. The van der Waals surface area contributed by atoms with Gasteiger partial charge in [0.25, 0.3) is 5.91 Å². The first kappa shape index (κ1) is 30.4. The van der Waals surface area contributed by atoms with Gasteiger partial charge in [-0.1, -0.05) is 100 Å². The molecule has 0 aliphatic heterocycles. The first-order valence-corrected chi connectivity index (χ1v) is 13.9. The number of amides is 3. The van der Waals surface area contributed by atoms with Gasteiger partial charge in [0.15, 0.2) is 0 Å². The van der Waals surface area contributed by atoms with E-state index in [0.29, 0.717) is 24.4 Å². The van der Waals surface area contributed by atoms with Gasteiger partial charge < -0.3 is 20.7 Å². The third kappa shape index (κ3) is 9.56. The van der Waals surface area contributed by atoms with Crippen LogP contribution in [0.4, 0.5) is 4.79 Å². The van der Waals surface area contributed by atoms with Crippen LogP contribution in [0, 0.1) is 11.8 Å². The highest BCUT2D eigenvalue weighted by Crippen LogP contribution is 2.27. The second kappa shape index (κ2) is 15.5. The van der Waals surface area contributed by atoms with Crippen LogP contribution in [0.25, 0.3) is 11.1 Å². The van der Waals surface area contributed by atoms with Gasteiger partial charge in [0.05, 0.1) is 0 Å². The molecule has 0 saturated carbocycles. The summed E-state index contributed by atoms with van der Waals surface area (Å²) in [5, 5.41) is 8.76. The predicted octanol–water partition coefficient (Wildman–Crippen LogP) is 6.09. The molecule has 0 spiro atoms. The normalized spacial score (nSPS) is 11.7. The van der Waals surface area contributed by atoms with Gasteiger partial charge in [-0.15, -0.1) is 0 Å². The van der Waals surface area contributed by atoms with Gasteiger partial charge in [0, 0.05) is 18.7 Å². The fraction of sp³-hybridized carbons (Fsp3) is 0.364. The zero-order valence-electron chi connectivity index (χ0n) is 23.9. The lowest BCUT2D eigenvalue weighted by atomic mass is 9.94. The second-order valence-corrected chi connectivity index (χ2v) is 10.7. The van der Waals surface area contributed by atoms with Crippen LogP contribution in [0.15, 0.2) is 78.9 Å². The molecule has 0 fully saturated rings. The summed E-state index contributed by atoms with van der Waals surface area (Å²) in [6.07, 6.45) is 0.888. The van der Waals surface area contributed by atoms with E-state index in [0.717, 1.165) is 28.7 Å². The molecule has 3 amide bonds. The largest absolute Gasteiger partial charge is 0.445 e. The Balaban J connectivity index is 1.73. The summed E-state index contributed by atoms with van der Waals surface area (Å²) in [6.45, 7) is 9.26. The molecule has 3 rings (SSSR count). The molecule has 0 radical (unpaired) electrons.